The van der Waals surface area contributed by atoms with Gasteiger partial charge in [-0.05, 0) is 31.9 Å². The molecule has 1 aliphatic carbocycles. The number of aromatic nitrogens is 1. The monoisotopic (exact) mass is 383 g/mol. The Morgan fingerprint density at radius 3 is 2.59 bits per heavy atom. The van der Waals surface area contributed by atoms with E-state index in [0.29, 0.717) is 17.1 Å². The average Bonchev–Trinajstić information content (AvgIpc) is 3.31. The molecule has 0 aliphatic heterocycles. The van der Waals surface area contributed by atoms with Crippen LogP contribution in [0.3, 0.4) is 0 Å². The molecule has 7 heteroatoms. The smallest absolute Gasteiger partial charge is 0.277 e. The van der Waals surface area contributed by atoms with E-state index in [-0.39, 0.29) is 10.6 Å². The normalized spacial score (nSPS) is 16.9. The highest BCUT2D eigenvalue weighted by Crippen LogP contribution is 2.34. The Morgan fingerprint density at radius 1 is 1.22 bits per heavy atom. The molecule has 27 heavy (non-hydrogen) atoms. The maximum atomic E-state index is 11.3. The van der Waals surface area contributed by atoms with Gasteiger partial charge in [0.05, 0.1) is 27.8 Å². The molecule has 0 bridgehead atoms. The van der Waals surface area contributed by atoms with Crippen molar-refractivity contribution in [2.24, 2.45) is 4.99 Å². The molecule has 1 atom stereocenters. The zero-order chi connectivity index (χ0) is 19.0. The van der Waals surface area contributed by atoms with Crippen LogP contribution in [-0.2, 0) is 0 Å². The van der Waals surface area contributed by atoms with Gasteiger partial charge in [-0.25, -0.2) is 4.99 Å². The largest absolute Gasteiger partial charge is 0.387 e. The van der Waals surface area contributed by atoms with Crippen molar-refractivity contribution in [3.63, 3.8) is 0 Å². The van der Waals surface area contributed by atoms with Gasteiger partial charge >= 0.3 is 0 Å². The number of aliphatic hydroxyl groups is 1. The zero-order valence-electron chi connectivity index (χ0n) is 15.0. The standard InChI is InChI=1S/C20H21N3O3S/c1-13(24)19-12-27-20(22(19)14-6-2-3-7-14)21-17-10-11-18(23(25)26)16-9-5-4-8-15(16)17/h4-5,8-14,24H,2-3,6-7H2,1H3/t13-/m0/s1. The first-order valence-electron chi connectivity index (χ1n) is 9.15. The van der Waals surface area contributed by atoms with Gasteiger partial charge in [-0.15, -0.1) is 11.3 Å². The molecule has 4 rings (SSSR count). The van der Waals surface area contributed by atoms with Crippen LogP contribution < -0.4 is 4.80 Å². The van der Waals surface area contributed by atoms with Crippen LogP contribution in [0.1, 0.15) is 50.4 Å². The summed E-state index contributed by atoms with van der Waals surface area (Å²) >= 11 is 1.51. The van der Waals surface area contributed by atoms with Gasteiger partial charge in [0.1, 0.15) is 0 Å². The number of aliphatic hydroxyl groups excluding tert-OH is 1. The molecule has 1 saturated carbocycles. The third kappa shape index (κ3) is 3.28. The molecule has 0 saturated heterocycles. The van der Waals surface area contributed by atoms with E-state index >= 15 is 0 Å². The van der Waals surface area contributed by atoms with Crippen LogP contribution in [0.2, 0.25) is 0 Å². The minimum absolute atomic E-state index is 0.0871. The van der Waals surface area contributed by atoms with Gasteiger partial charge in [-0.2, -0.15) is 0 Å². The highest BCUT2D eigenvalue weighted by Gasteiger charge is 2.22. The number of thiazole rings is 1. The van der Waals surface area contributed by atoms with E-state index in [1.165, 1.54) is 30.2 Å². The van der Waals surface area contributed by atoms with E-state index in [1.807, 2.05) is 17.5 Å². The van der Waals surface area contributed by atoms with Crippen molar-refractivity contribution in [2.45, 2.75) is 44.8 Å². The lowest BCUT2D eigenvalue weighted by Crippen LogP contribution is -2.22. The summed E-state index contributed by atoms with van der Waals surface area (Å²) < 4.78 is 2.17. The Balaban J connectivity index is 1.93. The van der Waals surface area contributed by atoms with Crippen molar-refractivity contribution in [1.82, 2.24) is 4.57 Å². The second-order valence-corrected chi connectivity index (χ2v) is 7.78. The molecule has 0 spiro atoms. The van der Waals surface area contributed by atoms with Gasteiger partial charge in [-0.3, -0.25) is 10.1 Å². The molecule has 140 valence electrons. The van der Waals surface area contributed by atoms with Crippen molar-refractivity contribution >= 4 is 33.5 Å². The van der Waals surface area contributed by atoms with Gasteiger partial charge in [0.25, 0.3) is 5.69 Å². The molecule has 1 aliphatic rings. The Hall–Kier alpha value is -2.51. The highest BCUT2D eigenvalue weighted by molar-refractivity contribution is 7.07. The van der Waals surface area contributed by atoms with Gasteiger partial charge in [0.15, 0.2) is 4.80 Å². The first-order chi connectivity index (χ1) is 13.1. The number of rotatable bonds is 4. The minimum Gasteiger partial charge on any atom is -0.387 e. The quantitative estimate of drug-likeness (QED) is 0.508. The maximum absolute atomic E-state index is 11.3. The fourth-order valence-electron chi connectivity index (χ4n) is 3.87. The van der Waals surface area contributed by atoms with Crippen LogP contribution in [0.5, 0.6) is 0 Å². The number of fused-ring (bicyclic) bond motifs is 1. The molecule has 1 N–H and O–H groups in total. The lowest BCUT2D eigenvalue weighted by Gasteiger charge is -2.17. The third-order valence-electron chi connectivity index (χ3n) is 5.18. The molecule has 2 aromatic carbocycles. The van der Waals surface area contributed by atoms with Crippen LogP contribution >= 0.6 is 11.3 Å². The molecule has 0 amide bonds. The Morgan fingerprint density at radius 2 is 1.93 bits per heavy atom. The van der Waals surface area contributed by atoms with Crippen LogP contribution in [0.4, 0.5) is 11.4 Å². The predicted molar refractivity (Wildman–Crippen MR) is 106 cm³/mol. The lowest BCUT2D eigenvalue weighted by atomic mass is 10.1. The number of non-ortho nitro benzene ring substituents is 1. The molecule has 0 radical (unpaired) electrons. The van der Waals surface area contributed by atoms with Crippen molar-refractivity contribution < 1.29 is 10.0 Å². The Bertz CT molecular complexity index is 1060. The summed E-state index contributed by atoms with van der Waals surface area (Å²) in [6, 6.07) is 10.9. The highest BCUT2D eigenvalue weighted by atomic mass is 32.1. The minimum atomic E-state index is -0.556. The van der Waals surface area contributed by atoms with Crippen LogP contribution in [0.25, 0.3) is 10.8 Å². The topological polar surface area (TPSA) is 80.7 Å². The summed E-state index contributed by atoms with van der Waals surface area (Å²) in [7, 11) is 0. The summed E-state index contributed by atoms with van der Waals surface area (Å²) in [6.45, 7) is 1.78. The Labute approximate surface area is 160 Å². The van der Waals surface area contributed by atoms with Crippen LogP contribution in [-0.4, -0.2) is 14.6 Å². The summed E-state index contributed by atoms with van der Waals surface area (Å²) in [5.74, 6) is 0. The number of hydrogen-bond acceptors (Lipinski definition) is 5. The molecular weight excluding hydrogens is 362 g/mol. The first kappa shape index (κ1) is 17.9. The summed E-state index contributed by atoms with van der Waals surface area (Å²) in [4.78, 5) is 16.7. The molecule has 1 heterocycles. The van der Waals surface area contributed by atoms with E-state index in [4.69, 9.17) is 4.99 Å². The zero-order valence-corrected chi connectivity index (χ0v) is 15.9. The predicted octanol–water partition coefficient (Wildman–Crippen LogP) is 5.01. The summed E-state index contributed by atoms with van der Waals surface area (Å²) in [6.07, 6.45) is 3.99. The average molecular weight is 383 g/mol. The molecule has 3 aromatic rings. The molecule has 6 nitrogen and oxygen atoms in total. The van der Waals surface area contributed by atoms with Crippen molar-refractivity contribution in [1.29, 1.82) is 0 Å². The van der Waals surface area contributed by atoms with Gasteiger partial charge in [-0.1, -0.05) is 31.0 Å². The fraction of sp³-hybridized carbons (Fsp3) is 0.350. The fourth-order valence-corrected chi connectivity index (χ4v) is 4.93. The van der Waals surface area contributed by atoms with Gasteiger partial charge in [0.2, 0.25) is 0 Å². The summed E-state index contributed by atoms with van der Waals surface area (Å²) in [5, 5.41) is 24.8. The van der Waals surface area contributed by atoms with Gasteiger partial charge < -0.3 is 9.67 Å². The third-order valence-corrected chi connectivity index (χ3v) is 6.04. The lowest BCUT2D eigenvalue weighted by molar-refractivity contribution is -0.383. The maximum Gasteiger partial charge on any atom is 0.277 e. The van der Waals surface area contributed by atoms with Crippen molar-refractivity contribution in [3.8, 4) is 0 Å². The number of benzene rings is 2. The number of nitro benzene ring substituents is 1. The van der Waals surface area contributed by atoms with Gasteiger partial charge in [0, 0.05) is 22.9 Å². The number of nitro groups is 1. The van der Waals surface area contributed by atoms with E-state index in [2.05, 4.69) is 4.57 Å². The van der Waals surface area contributed by atoms with E-state index in [1.54, 1.807) is 25.1 Å². The molecule has 1 aromatic heterocycles. The SMILES string of the molecule is C[C@H](O)c1csc(=Nc2ccc([N+](=O)[O-])c3ccccc23)n1C1CCCC1. The van der Waals surface area contributed by atoms with Crippen molar-refractivity contribution in [2.75, 3.05) is 0 Å². The molecular formula is C20H21N3O3S. The second-order valence-electron chi connectivity index (χ2n) is 6.95. The molecule has 1 fully saturated rings. The summed E-state index contributed by atoms with van der Waals surface area (Å²) in [5.41, 5.74) is 1.68. The van der Waals surface area contributed by atoms with E-state index < -0.39 is 6.10 Å². The molecule has 0 unspecified atom stereocenters. The second kappa shape index (κ2) is 7.25. The first-order valence-corrected chi connectivity index (χ1v) is 10.0. The van der Waals surface area contributed by atoms with Crippen LogP contribution in [0.15, 0.2) is 46.8 Å². The van der Waals surface area contributed by atoms with Crippen LogP contribution in [0, 0.1) is 10.1 Å². The number of nitrogens with zero attached hydrogens (tertiary/aromatic N) is 3. The van der Waals surface area contributed by atoms with E-state index in [9.17, 15) is 15.2 Å². The number of hydrogen-bond donors (Lipinski definition) is 1. The van der Waals surface area contributed by atoms with E-state index in [0.717, 1.165) is 28.7 Å². The Kier molecular flexibility index (Phi) is 4.80. The van der Waals surface area contributed by atoms with Crippen molar-refractivity contribution in [3.05, 3.63) is 62.4 Å².